The lowest BCUT2D eigenvalue weighted by Gasteiger charge is -2.46. The van der Waals surface area contributed by atoms with Gasteiger partial charge in [-0.05, 0) is 37.2 Å². The van der Waals surface area contributed by atoms with Crippen molar-refractivity contribution in [2.75, 3.05) is 13.1 Å². The fraction of sp³-hybridized carbons (Fsp3) is 0.700. The Morgan fingerprint density at radius 2 is 2.25 bits per heavy atom. The van der Waals surface area contributed by atoms with Gasteiger partial charge in [-0.3, -0.25) is 4.79 Å². The highest BCUT2D eigenvalue weighted by atomic mass is 32.1. The van der Waals surface area contributed by atoms with E-state index in [2.05, 4.69) is 9.59 Å². The largest absolute Gasteiger partial charge is 0.386 e. The molecule has 1 aliphatic heterocycles. The number of β-amino-alcohol motifs (C(OH)–C–C–N with tert-alkyl or cyclic N) is 1. The van der Waals surface area contributed by atoms with Gasteiger partial charge < -0.3 is 10.0 Å². The van der Waals surface area contributed by atoms with Gasteiger partial charge in [0.25, 0.3) is 5.91 Å². The minimum Gasteiger partial charge on any atom is -0.386 e. The third-order valence-corrected chi connectivity index (χ3v) is 4.22. The van der Waals surface area contributed by atoms with E-state index in [1.54, 1.807) is 11.8 Å². The van der Waals surface area contributed by atoms with E-state index in [0.29, 0.717) is 29.6 Å². The summed E-state index contributed by atoms with van der Waals surface area (Å²) in [4.78, 5) is 14.3. The molecule has 0 aromatic carbocycles. The molecule has 2 fully saturated rings. The molecule has 1 saturated heterocycles. The molecule has 6 heteroatoms. The average molecular weight is 239 g/mol. The fourth-order valence-corrected chi connectivity index (χ4v) is 2.83. The number of hydrogen-bond acceptors (Lipinski definition) is 5. The average Bonchev–Trinajstić information content (AvgIpc) is 2.97. The van der Waals surface area contributed by atoms with Gasteiger partial charge in [0.2, 0.25) is 0 Å². The predicted octanol–water partition coefficient (Wildman–Crippen LogP) is 0.443. The Balaban J connectivity index is 1.68. The van der Waals surface area contributed by atoms with Crippen molar-refractivity contribution in [2.24, 2.45) is 5.92 Å². The van der Waals surface area contributed by atoms with Crippen molar-refractivity contribution in [1.82, 2.24) is 14.5 Å². The maximum Gasteiger partial charge on any atom is 0.267 e. The topological polar surface area (TPSA) is 66.3 Å². The van der Waals surface area contributed by atoms with E-state index in [4.69, 9.17) is 0 Å². The van der Waals surface area contributed by atoms with Crippen molar-refractivity contribution in [2.45, 2.75) is 25.4 Å². The summed E-state index contributed by atoms with van der Waals surface area (Å²) in [6.45, 7) is 2.71. The van der Waals surface area contributed by atoms with Gasteiger partial charge in [-0.2, -0.15) is 0 Å². The molecule has 2 heterocycles. The molecule has 1 N–H and O–H groups in total. The van der Waals surface area contributed by atoms with Crippen LogP contribution in [0, 0.1) is 12.8 Å². The Kier molecular flexibility index (Phi) is 2.06. The van der Waals surface area contributed by atoms with E-state index in [1.807, 2.05) is 0 Å². The molecule has 0 spiro atoms. The second kappa shape index (κ2) is 3.24. The van der Waals surface area contributed by atoms with Crippen molar-refractivity contribution in [1.29, 1.82) is 0 Å². The second-order valence-electron chi connectivity index (χ2n) is 4.73. The lowest BCUT2D eigenvalue weighted by Crippen LogP contribution is -2.64. The smallest absolute Gasteiger partial charge is 0.267 e. The molecular formula is C10H13N3O2S. The Labute approximate surface area is 97.2 Å². The number of hydrogen-bond donors (Lipinski definition) is 1. The molecule has 0 bridgehead atoms. The number of carbonyl (C=O) groups excluding carboxylic acids is 1. The van der Waals surface area contributed by atoms with E-state index in [-0.39, 0.29) is 5.91 Å². The van der Waals surface area contributed by atoms with Gasteiger partial charge in [0, 0.05) is 0 Å². The Morgan fingerprint density at radius 1 is 1.56 bits per heavy atom. The molecule has 16 heavy (non-hydrogen) atoms. The molecule has 1 saturated carbocycles. The molecular weight excluding hydrogens is 226 g/mol. The number of rotatable bonds is 2. The van der Waals surface area contributed by atoms with Crippen LogP contribution in [0.25, 0.3) is 0 Å². The molecule has 0 atom stereocenters. The van der Waals surface area contributed by atoms with Crippen LogP contribution >= 0.6 is 11.5 Å². The minimum absolute atomic E-state index is 0.0437. The second-order valence-corrected chi connectivity index (χ2v) is 5.48. The highest BCUT2D eigenvalue weighted by molar-refractivity contribution is 7.07. The van der Waals surface area contributed by atoms with Gasteiger partial charge in [0.15, 0.2) is 0 Å². The maximum absolute atomic E-state index is 12.0. The molecule has 3 rings (SSSR count). The maximum atomic E-state index is 12.0. The van der Waals surface area contributed by atoms with Crippen LogP contribution in [0.4, 0.5) is 0 Å². The number of nitrogens with zero attached hydrogens (tertiary/aromatic N) is 3. The summed E-state index contributed by atoms with van der Waals surface area (Å²) < 4.78 is 3.75. The first-order chi connectivity index (χ1) is 7.60. The highest BCUT2D eigenvalue weighted by Crippen LogP contribution is 2.44. The molecule has 86 valence electrons. The van der Waals surface area contributed by atoms with E-state index in [0.717, 1.165) is 24.4 Å². The van der Waals surface area contributed by atoms with Crippen LogP contribution in [0.15, 0.2) is 0 Å². The van der Waals surface area contributed by atoms with Gasteiger partial charge in [0.1, 0.15) is 10.5 Å². The zero-order valence-corrected chi connectivity index (χ0v) is 9.83. The van der Waals surface area contributed by atoms with Crippen LogP contribution < -0.4 is 0 Å². The molecule has 0 radical (unpaired) electrons. The minimum atomic E-state index is -0.609. The summed E-state index contributed by atoms with van der Waals surface area (Å²) in [6, 6.07) is 0. The normalized spacial score (nSPS) is 23.0. The summed E-state index contributed by atoms with van der Waals surface area (Å²) >= 11 is 1.13. The van der Waals surface area contributed by atoms with Crippen LogP contribution in [-0.2, 0) is 0 Å². The fourth-order valence-electron chi connectivity index (χ4n) is 2.21. The number of aryl methyl sites for hydroxylation is 1. The monoisotopic (exact) mass is 239 g/mol. The number of aromatic nitrogens is 2. The predicted molar refractivity (Wildman–Crippen MR) is 58.2 cm³/mol. The summed E-state index contributed by atoms with van der Waals surface area (Å²) in [7, 11) is 0. The van der Waals surface area contributed by atoms with Crippen molar-refractivity contribution < 1.29 is 9.90 Å². The lowest BCUT2D eigenvalue weighted by atomic mass is 9.88. The standard InChI is InChI=1S/C10H13N3O2S/c1-6-8(16-12-11-6)9(14)13-4-10(15,5-13)7-2-3-7/h7,15H,2-5H2,1H3. The first-order valence-corrected chi connectivity index (χ1v) is 6.18. The Morgan fingerprint density at radius 3 is 2.75 bits per heavy atom. The molecule has 0 unspecified atom stereocenters. The van der Waals surface area contributed by atoms with Crippen LogP contribution in [0.3, 0.4) is 0 Å². The number of likely N-dealkylation sites (tertiary alicyclic amines) is 1. The molecule has 1 aliphatic carbocycles. The van der Waals surface area contributed by atoms with E-state index < -0.39 is 5.60 Å². The van der Waals surface area contributed by atoms with Gasteiger partial charge in [-0.1, -0.05) is 4.49 Å². The molecule has 1 aromatic rings. The summed E-state index contributed by atoms with van der Waals surface area (Å²) in [5, 5.41) is 13.9. The Bertz CT molecular complexity index is 435. The summed E-state index contributed by atoms with van der Waals surface area (Å²) in [6.07, 6.45) is 2.19. The van der Waals surface area contributed by atoms with E-state index in [1.165, 1.54) is 0 Å². The van der Waals surface area contributed by atoms with Crippen LogP contribution in [0.1, 0.15) is 28.2 Å². The first-order valence-electron chi connectivity index (χ1n) is 5.41. The lowest BCUT2D eigenvalue weighted by molar-refractivity contribution is -0.0957. The molecule has 2 aliphatic rings. The van der Waals surface area contributed by atoms with Crippen molar-refractivity contribution in [3.63, 3.8) is 0 Å². The molecule has 5 nitrogen and oxygen atoms in total. The van der Waals surface area contributed by atoms with E-state index >= 15 is 0 Å². The zero-order chi connectivity index (χ0) is 11.3. The van der Waals surface area contributed by atoms with Gasteiger partial charge >= 0.3 is 0 Å². The first kappa shape index (κ1) is 10.2. The van der Waals surface area contributed by atoms with Crippen molar-refractivity contribution in [3.05, 3.63) is 10.6 Å². The van der Waals surface area contributed by atoms with E-state index in [9.17, 15) is 9.90 Å². The number of amides is 1. The third-order valence-electron chi connectivity index (χ3n) is 3.40. The van der Waals surface area contributed by atoms with Crippen LogP contribution in [0.2, 0.25) is 0 Å². The van der Waals surface area contributed by atoms with Gasteiger partial charge in [-0.25, -0.2) is 0 Å². The third kappa shape index (κ3) is 1.44. The zero-order valence-electron chi connectivity index (χ0n) is 9.01. The number of carbonyl (C=O) groups is 1. The van der Waals surface area contributed by atoms with Gasteiger partial charge in [0.05, 0.1) is 18.8 Å². The SMILES string of the molecule is Cc1nnsc1C(=O)N1CC(O)(C2CC2)C1. The van der Waals surface area contributed by atoms with Crippen LogP contribution in [-0.4, -0.2) is 44.2 Å². The molecule has 1 aromatic heterocycles. The van der Waals surface area contributed by atoms with Crippen molar-refractivity contribution in [3.8, 4) is 0 Å². The quantitative estimate of drug-likeness (QED) is 0.813. The highest BCUT2D eigenvalue weighted by Gasteiger charge is 2.53. The number of aliphatic hydroxyl groups is 1. The molecule has 1 amide bonds. The van der Waals surface area contributed by atoms with Crippen molar-refractivity contribution >= 4 is 17.4 Å². The van der Waals surface area contributed by atoms with Crippen LogP contribution in [0.5, 0.6) is 0 Å². The summed E-state index contributed by atoms with van der Waals surface area (Å²) in [5.74, 6) is 0.370. The summed E-state index contributed by atoms with van der Waals surface area (Å²) in [5.41, 5.74) is 0.0682. The van der Waals surface area contributed by atoms with Gasteiger partial charge in [-0.15, -0.1) is 5.10 Å². The Hall–Kier alpha value is -1.01.